The zero-order valence-corrected chi connectivity index (χ0v) is 18.0. The molecule has 1 fully saturated rings. The van der Waals surface area contributed by atoms with Crippen molar-refractivity contribution in [2.24, 2.45) is 11.8 Å². The minimum absolute atomic E-state index is 0.193. The van der Waals surface area contributed by atoms with E-state index in [1.165, 1.54) is 18.6 Å². The molecular formula is C25H31F3N2O. The summed E-state index contributed by atoms with van der Waals surface area (Å²) in [6.45, 7) is 5.20. The number of nitrogens with zero attached hydrogens (tertiary/aromatic N) is 1. The number of likely N-dealkylation sites (tertiary alicyclic amines) is 1. The van der Waals surface area contributed by atoms with Gasteiger partial charge < -0.3 is 10.2 Å². The third-order valence-corrected chi connectivity index (χ3v) is 6.12. The predicted octanol–water partition coefficient (Wildman–Crippen LogP) is 6.01. The molecule has 168 valence electrons. The highest BCUT2D eigenvalue weighted by Gasteiger charge is 2.33. The molecule has 1 amide bonds. The molecule has 2 aromatic carbocycles. The first-order valence-electron chi connectivity index (χ1n) is 11.1. The summed E-state index contributed by atoms with van der Waals surface area (Å²) in [4.78, 5) is 15.7. The first-order valence-corrected chi connectivity index (χ1v) is 11.1. The second-order valence-corrected chi connectivity index (χ2v) is 8.40. The molecule has 31 heavy (non-hydrogen) atoms. The van der Waals surface area contributed by atoms with E-state index < -0.39 is 11.7 Å². The normalized spacial score (nSPS) is 16.8. The second-order valence-electron chi connectivity index (χ2n) is 8.40. The highest BCUT2D eigenvalue weighted by Crippen LogP contribution is 2.32. The van der Waals surface area contributed by atoms with E-state index in [1.54, 1.807) is 0 Å². The fraction of sp³-hybridized carbons (Fsp3) is 0.480. The van der Waals surface area contributed by atoms with Crippen molar-refractivity contribution in [2.45, 2.75) is 45.2 Å². The number of carbonyl (C=O) groups is 1. The zero-order chi connectivity index (χ0) is 22.3. The molecule has 3 nitrogen and oxygen atoms in total. The van der Waals surface area contributed by atoms with Crippen molar-refractivity contribution in [1.29, 1.82) is 0 Å². The van der Waals surface area contributed by atoms with Gasteiger partial charge >= 0.3 is 6.18 Å². The molecule has 0 spiro atoms. The highest BCUT2D eigenvalue weighted by atomic mass is 19.4. The van der Waals surface area contributed by atoms with Gasteiger partial charge in [0.15, 0.2) is 0 Å². The van der Waals surface area contributed by atoms with E-state index in [2.05, 4.69) is 17.1 Å². The van der Waals surface area contributed by atoms with Crippen molar-refractivity contribution < 1.29 is 18.0 Å². The Morgan fingerprint density at radius 2 is 1.81 bits per heavy atom. The average molecular weight is 433 g/mol. The van der Waals surface area contributed by atoms with Crippen molar-refractivity contribution in [3.05, 3.63) is 65.7 Å². The van der Waals surface area contributed by atoms with Crippen LogP contribution < -0.4 is 5.32 Å². The molecule has 1 atom stereocenters. The van der Waals surface area contributed by atoms with Gasteiger partial charge in [0, 0.05) is 11.6 Å². The first-order chi connectivity index (χ1) is 14.9. The number of alkyl halides is 3. The van der Waals surface area contributed by atoms with Gasteiger partial charge in [-0.3, -0.25) is 4.79 Å². The summed E-state index contributed by atoms with van der Waals surface area (Å²) in [5.74, 6) is -0.260. The number of hydrogen-bond acceptors (Lipinski definition) is 2. The van der Waals surface area contributed by atoms with E-state index >= 15 is 0 Å². The molecule has 0 bridgehead atoms. The molecule has 1 aliphatic rings. The van der Waals surface area contributed by atoms with Gasteiger partial charge in [-0.25, -0.2) is 0 Å². The number of halogens is 3. The average Bonchev–Trinajstić information content (AvgIpc) is 2.77. The lowest BCUT2D eigenvalue weighted by atomic mass is 9.80. The Hall–Kier alpha value is -2.34. The summed E-state index contributed by atoms with van der Waals surface area (Å²) in [6, 6.07) is 14.7. The van der Waals surface area contributed by atoms with Gasteiger partial charge in [0.05, 0.1) is 5.56 Å². The lowest BCUT2D eigenvalue weighted by Crippen LogP contribution is -2.40. The van der Waals surface area contributed by atoms with Crippen LogP contribution in [-0.4, -0.2) is 30.4 Å². The van der Waals surface area contributed by atoms with E-state index in [0.29, 0.717) is 6.42 Å². The minimum Gasteiger partial charge on any atom is -0.326 e. The quantitative estimate of drug-likeness (QED) is 0.554. The first kappa shape index (κ1) is 23.3. The fourth-order valence-corrected chi connectivity index (χ4v) is 4.31. The molecular weight excluding hydrogens is 401 g/mol. The van der Waals surface area contributed by atoms with Crippen LogP contribution in [-0.2, 0) is 17.4 Å². The van der Waals surface area contributed by atoms with Crippen molar-refractivity contribution in [1.82, 2.24) is 4.90 Å². The number of anilines is 1. The Balaban J connectivity index is 1.73. The van der Waals surface area contributed by atoms with Crippen LogP contribution in [0.4, 0.5) is 18.9 Å². The van der Waals surface area contributed by atoms with Gasteiger partial charge in [0.2, 0.25) is 5.91 Å². The minimum atomic E-state index is -4.44. The van der Waals surface area contributed by atoms with Crippen LogP contribution in [0.5, 0.6) is 0 Å². The maximum atomic E-state index is 13.2. The van der Waals surface area contributed by atoms with Gasteiger partial charge in [-0.05, 0) is 75.0 Å². The third kappa shape index (κ3) is 6.82. The largest absolute Gasteiger partial charge is 0.416 e. The summed E-state index contributed by atoms with van der Waals surface area (Å²) >= 11 is 0. The van der Waals surface area contributed by atoms with Crippen LogP contribution >= 0.6 is 0 Å². The Morgan fingerprint density at radius 1 is 1.10 bits per heavy atom. The van der Waals surface area contributed by atoms with Crippen LogP contribution in [0, 0.1) is 11.8 Å². The molecule has 1 aliphatic heterocycles. The molecule has 0 unspecified atom stereocenters. The van der Waals surface area contributed by atoms with E-state index in [4.69, 9.17) is 0 Å². The van der Waals surface area contributed by atoms with Gasteiger partial charge in [0.25, 0.3) is 0 Å². The summed E-state index contributed by atoms with van der Waals surface area (Å²) in [5.41, 5.74) is 0.507. The predicted molar refractivity (Wildman–Crippen MR) is 118 cm³/mol. The number of unbranched alkanes of at least 4 members (excludes halogenated alkanes) is 1. The molecule has 1 heterocycles. The number of carbonyl (C=O) groups excluding carboxylic acids is 1. The van der Waals surface area contributed by atoms with E-state index in [9.17, 15) is 18.0 Å². The molecule has 6 heteroatoms. The van der Waals surface area contributed by atoms with E-state index in [0.717, 1.165) is 56.6 Å². The fourth-order valence-electron chi connectivity index (χ4n) is 4.31. The Bertz CT molecular complexity index is 830. The van der Waals surface area contributed by atoms with E-state index in [1.807, 2.05) is 30.3 Å². The monoisotopic (exact) mass is 432 g/mol. The van der Waals surface area contributed by atoms with Crippen molar-refractivity contribution in [3.63, 3.8) is 0 Å². The maximum Gasteiger partial charge on any atom is 0.416 e. The van der Waals surface area contributed by atoms with Crippen LogP contribution in [0.15, 0.2) is 54.6 Å². The van der Waals surface area contributed by atoms with Crippen LogP contribution in [0.3, 0.4) is 0 Å². The molecule has 0 saturated carbocycles. The number of nitrogens with one attached hydrogen (secondary N) is 1. The maximum absolute atomic E-state index is 13.2. The summed E-state index contributed by atoms with van der Waals surface area (Å²) in [6.07, 6.45) is 0.347. The summed E-state index contributed by atoms with van der Waals surface area (Å²) < 4.78 is 39.1. The third-order valence-electron chi connectivity index (χ3n) is 6.12. The zero-order valence-electron chi connectivity index (χ0n) is 18.0. The Morgan fingerprint density at radius 3 is 2.45 bits per heavy atom. The lowest BCUT2D eigenvalue weighted by molar-refractivity contribution is -0.137. The molecule has 2 aromatic rings. The van der Waals surface area contributed by atoms with Crippen molar-refractivity contribution in [3.8, 4) is 0 Å². The van der Waals surface area contributed by atoms with Crippen molar-refractivity contribution in [2.75, 3.05) is 25.0 Å². The lowest BCUT2D eigenvalue weighted by Gasteiger charge is -2.35. The molecule has 1 N–H and O–H groups in total. The number of benzene rings is 2. The standard InChI is InChI=1S/C25H31F3N2O/c1-2-3-14-30-15-12-20(13-16-30)23(17-19-8-5-4-6-9-19)24(31)29-22-11-7-10-21(18-22)25(26,27)28/h4-11,18,20,23H,2-3,12-17H2,1H3,(H,29,31)/t23-/m0/s1. The topological polar surface area (TPSA) is 32.3 Å². The molecule has 0 aromatic heterocycles. The SMILES string of the molecule is CCCCN1CCC([C@H](Cc2ccccc2)C(=O)Nc2cccc(C(F)(F)F)c2)CC1. The summed E-state index contributed by atoms with van der Waals surface area (Å²) in [5, 5.41) is 2.77. The smallest absolute Gasteiger partial charge is 0.326 e. The Kier molecular flexibility index (Phi) is 8.13. The second kappa shape index (κ2) is 10.8. The molecule has 1 saturated heterocycles. The van der Waals surface area contributed by atoms with Crippen LogP contribution in [0.2, 0.25) is 0 Å². The number of rotatable bonds is 8. The van der Waals surface area contributed by atoms with Crippen molar-refractivity contribution >= 4 is 11.6 Å². The highest BCUT2D eigenvalue weighted by molar-refractivity contribution is 5.93. The van der Waals surface area contributed by atoms with Crippen LogP contribution in [0.1, 0.15) is 43.7 Å². The van der Waals surface area contributed by atoms with Gasteiger partial charge in [-0.15, -0.1) is 0 Å². The molecule has 0 aliphatic carbocycles. The van der Waals surface area contributed by atoms with Gasteiger partial charge in [0.1, 0.15) is 0 Å². The van der Waals surface area contributed by atoms with Crippen LogP contribution in [0.25, 0.3) is 0 Å². The molecule has 3 rings (SSSR count). The number of hydrogen-bond donors (Lipinski definition) is 1. The number of amides is 1. The number of piperidine rings is 1. The van der Waals surface area contributed by atoms with E-state index in [-0.39, 0.29) is 23.4 Å². The van der Waals surface area contributed by atoms with Gasteiger partial charge in [-0.2, -0.15) is 13.2 Å². The van der Waals surface area contributed by atoms with Gasteiger partial charge in [-0.1, -0.05) is 49.7 Å². The summed E-state index contributed by atoms with van der Waals surface area (Å²) in [7, 11) is 0. The Labute approximate surface area is 182 Å². The molecule has 0 radical (unpaired) electrons.